The van der Waals surface area contributed by atoms with Gasteiger partial charge in [-0.1, -0.05) is 5.16 Å². The summed E-state index contributed by atoms with van der Waals surface area (Å²) in [5.74, 6) is 0.984. The Kier molecular flexibility index (Phi) is 4.09. The normalized spacial score (nSPS) is 10.9. The van der Waals surface area contributed by atoms with Crippen LogP contribution in [0, 0.1) is 0 Å². The van der Waals surface area contributed by atoms with E-state index in [4.69, 9.17) is 13.7 Å². The Morgan fingerprint density at radius 1 is 1.32 bits per heavy atom. The van der Waals surface area contributed by atoms with Gasteiger partial charge in [-0.05, 0) is 28.8 Å². The third-order valence-corrected chi connectivity index (χ3v) is 3.89. The monoisotopic (exact) mass is 357 g/mol. The molecule has 4 aromatic rings. The standard InChI is InChI=1S/C15H11N5O4S/c21-14(7-20-17-15(16-19-20)10-3-5-25-9-10)23-8-11-6-13(24-18-11)12-2-1-4-22-12/h1-6,9H,7-8H2. The van der Waals surface area contributed by atoms with Gasteiger partial charge in [0.25, 0.3) is 0 Å². The van der Waals surface area contributed by atoms with Crippen molar-refractivity contribution in [2.45, 2.75) is 13.2 Å². The van der Waals surface area contributed by atoms with E-state index in [0.29, 0.717) is 23.0 Å². The number of aromatic nitrogens is 5. The molecule has 10 heteroatoms. The summed E-state index contributed by atoms with van der Waals surface area (Å²) in [4.78, 5) is 13.1. The number of hydrogen-bond donors (Lipinski definition) is 0. The average Bonchev–Trinajstić information content (AvgIpc) is 3.40. The summed E-state index contributed by atoms with van der Waals surface area (Å²) in [6.07, 6.45) is 1.53. The molecule has 0 spiro atoms. The van der Waals surface area contributed by atoms with Gasteiger partial charge in [-0.25, -0.2) is 4.79 Å². The van der Waals surface area contributed by atoms with E-state index >= 15 is 0 Å². The third-order valence-electron chi connectivity index (χ3n) is 3.21. The second kappa shape index (κ2) is 6.69. The van der Waals surface area contributed by atoms with Crippen LogP contribution in [0.15, 0.2) is 50.2 Å². The van der Waals surface area contributed by atoms with Gasteiger partial charge >= 0.3 is 5.97 Å². The van der Waals surface area contributed by atoms with Gasteiger partial charge in [0.2, 0.25) is 11.6 Å². The Hall–Kier alpha value is -3.27. The summed E-state index contributed by atoms with van der Waals surface area (Å²) in [5.41, 5.74) is 1.34. The highest BCUT2D eigenvalue weighted by molar-refractivity contribution is 7.08. The molecule has 0 atom stereocenters. The number of furan rings is 1. The van der Waals surface area contributed by atoms with E-state index in [9.17, 15) is 4.79 Å². The zero-order chi connectivity index (χ0) is 17.1. The average molecular weight is 357 g/mol. The molecule has 0 aliphatic carbocycles. The fraction of sp³-hybridized carbons (Fsp3) is 0.133. The largest absolute Gasteiger partial charge is 0.461 e. The summed E-state index contributed by atoms with van der Waals surface area (Å²) >= 11 is 1.53. The lowest BCUT2D eigenvalue weighted by Crippen LogP contribution is -2.15. The van der Waals surface area contributed by atoms with Crippen LogP contribution >= 0.6 is 11.3 Å². The van der Waals surface area contributed by atoms with Crippen LogP contribution in [0.4, 0.5) is 0 Å². The van der Waals surface area contributed by atoms with Gasteiger partial charge < -0.3 is 13.7 Å². The molecular formula is C15H11N5O4S. The van der Waals surface area contributed by atoms with Crippen LogP contribution in [0.5, 0.6) is 0 Å². The number of hydrogen-bond acceptors (Lipinski definition) is 9. The summed E-state index contributed by atoms with van der Waals surface area (Å²) in [7, 11) is 0. The van der Waals surface area contributed by atoms with E-state index in [2.05, 4.69) is 20.6 Å². The van der Waals surface area contributed by atoms with Crippen molar-refractivity contribution in [1.29, 1.82) is 0 Å². The van der Waals surface area contributed by atoms with Gasteiger partial charge in [-0.3, -0.25) is 0 Å². The van der Waals surface area contributed by atoms with E-state index < -0.39 is 5.97 Å². The molecule has 0 amide bonds. The van der Waals surface area contributed by atoms with Crippen molar-refractivity contribution in [2.75, 3.05) is 0 Å². The predicted molar refractivity (Wildman–Crippen MR) is 85.1 cm³/mol. The van der Waals surface area contributed by atoms with Crippen LogP contribution in [-0.2, 0) is 22.7 Å². The van der Waals surface area contributed by atoms with E-state index in [0.717, 1.165) is 5.56 Å². The second-order valence-electron chi connectivity index (χ2n) is 4.98. The van der Waals surface area contributed by atoms with E-state index in [-0.39, 0.29) is 13.2 Å². The van der Waals surface area contributed by atoms with Gasteiger partial charge in [0.1, 0.15) is 12.3 Å². The molecule has 4 rings (SSSR count). The minimum Gasteiger partial charge on any atom is -0.461 e. The zero-order valence-electron chi connectivity index (χ0n) is 12.7. The van der Waals surface area contributed by atoms with Gasteiger partial charge in [0.15, 0.2) is 12.3 Å². The van der Waals surface area contributed by atoms with Crippen LogP contribution in [0.1, 0.15) is 5.69 Å². The van der Waals surface area contributed by atoms with Gasteiger partial charge in [-0.15, -0.1) is 10.2 Å². The first-order valence-electron chi connectivity index (χ1n) is 7.23. The smallest absolute Gasteiger partial charge is 0.330 e. The summed E-state index contributed by atoms with van der Waals surface area (Å²) < 4.78 is 15.5. The molecule has 4 aromatic heterocycles. The SMILES string of the molecule is O=C(Cn1nnc(-c2ccsc2)n1)OCc1cc(-c2ccco2)on1. The number of tetrazole rings is 1. The van der Waals surface area contributed by atoms with E-state index in [1.54, 1.807) is 18.2 Å². The van der Waals surface area contributed by atoms with Crippen LogP contribution < -0.4 is 0 Å². The second-order valence-corrected chi connectivity index (χ2v) is 5.76. The van der Waals surface area contributed by atoms with Crippen LogP contribution in [-0.4, -0.2) is 31.3 Å². The lowest BCUT2D eigenvalue weighted by Gasteiger charge is -2.00. The maximum atomic E-state index is 11.9. The maximum Gasteiger partial charge on any atom is 0.330 e. The Morgan fingerprint density at radius 2 is 2.28 bits per heavy atom. The first kappa shape index (κ1) is 15.3. The molecule has 0 radical (unpaired) electrons. The highest BCUT2D eigenvalue weighted by atomic mass is 32.1. The molecule has 0 saturated carbocycles. The Balaban J connectivity index is 1.32. The predicted octanol–water partition coefficient (Wildman–Crippen LogP) is 2.39. The van der Waals surface area contributed by atoms with E-state index in [1.165, 1.54) is 22.4 Å². The molecule has 25 heavy (non-hydrogen) atoms. The molecule has 0 aliphatic heterocycles. The Bertz CT molecular complexity index is 958. The molecular weight excluding hydrogens is 346 g/mol. The summed E-state index contributed by atoms with van der Waals surface area (Å²) in [6.45, 7) is -0.158. The number of rotatable bonds is 6. The topological polar surface area (TPSA) is 109 Å². The lowest BCUT2D eigenvalue weighted by molar-refractivity contribution is -0.146. The molecule has 9 nitrogen and oxygen atoms in total. The Morgan fingerprint density at radius 3 is 3.08 bits per heavy atom. The van der Waals surface area contributed by atoms with Crippen LogP contribution in [0.2, 0.25) is 0 Å². The molecule has 0 bridgehead atoms. The van der Waals surface area contributed by atoms with Crippen molar-refractivity contribution in [3.63, 3.8) is 0 Å². The zero-order valence-corrected chi connectivity index (χ0v) is 13.5. The molecule has 0 unspecified atom stereocenters. The molecule has 0 saturated heterocycles. The molecule has 0 N–H and O–H groups in total. The van der Waals surface area contributed by atoms with Gasteiger partial charge in [-0.2, -0.15) is 16.1 Å². The van der Waals surface area contributed by atoms with E-state index in [1.807, 2.05) is 16.8 Å². The van der Waals surface area contributed by atoms with Crippen molar-refractivity contribution in [1.82, 2.24) is 25.4 Å². The number of esters is 1. The fourth-order valence-corrected chi connectivity index (χ4v) is 2.68. The lowest BCUT2D eigenvalue weighted by atomic mass is 10.3. The molecule has 0 aliphatic rings. The van der Waals surface area contributed by atoms with Crippen molar-refractivity contribution in [3.8, 4) is 22.9 Å². The fourth-order valence-electron chi connectivity index (χ4n) is 2.05. The van der Waals surface area contributed by atoms with Gasteiger partial charge in [0.05, 0.1) is 6.26 Å². The quantitative estimate of drug-likeness (QED) is 0.484. The number of carbonyl (C=O) groups is 1. The highest BCUT2D eigenvalue weighted by Crippen LogP contribution is 2.21. The molecule has 4 heterocycles. The van der Waals surface area contributed by atoms with Gasteiger partial charge in [0, 0.05) is 17.0 Å². The summed E-state index contributed by atoms with van der Waals surface area (Å²) in [6, 6.07) is 7.02. The van der Waals surface area contributed by atoms with Crippen LogP contribution in [0.3, 0.4) is 0 Å². The van der Waals surface area contributed by atoms with Crippen molar-refractivity contribution in [3.05, 3.63) is 47.0 Å². The van der Waals surface area contributed by atoms with Crippen LogP contribution in [0.25, 0.3) is 22.9 Å². The highest BCUT2D eigenvalue weighted by Gasteiger charge is 2.13. The first-order chi connectivity index (χ1) is 12.3. The van der Waals surface area contributed by atoms with Crippen molar-refractivity contribution >= 4 is 17.3 Å². The maximum absolute atomic E-state index is 11.9. The number of thiophene rings is 1. The number of ether oxygens (including phenoxy) is 1. The first-order valence-corrected chi connectivity index (χ1v) is 8.18. The van der Waals surface area contributed by atoms with Crippen molar-refractivity contribution in [2.24, 2.45) is 0 Å². The molecule has 0 fully saturated rings. The summed E-state index contributed by atoms with van der Waals surface area (Å²) in [5, 5.41) is 19.5. The molecule has 126 valence electrons. The van der Waals surface area contributed by atoms with Crippen molar-refractivity contribution < 1.29 is 18.5 Å². The minimum atomic E-state index is -0.503. The molecule has 0 aromatic carbocycles. The third kappa shape index (κ3) is 3.48. The minimum absolute atomic E-state index is 0.0187. The number of carbonyl (C=O) groups excluding carboxylic acids is 1. The number of nitrogens with zero attached hydrogens (tertiary/aromatic N) is 5. The Labute approximate surface area is 144 Å².